The highest BCUT2D eigenvalue weighted by Gasteiger charge is 2.37. The Morgan fingerprint density at radius 3 is 0.739 bits per heavy atom. The van der Waals surface area contributed by atoms with Crippen LogP contribution < -0.4 is 9.80 Å². The number of nitrogens with zero attached hydrogens (tertiary/aromatic N) is 2. The van der Waals surface area contributed by atoms with Crippen molar-refractivity contribution in [1.29, 1.82) is 0 Å². The van der Waals surface area contributed by atoms with Gasteiger partial charge in [0.05, 0.1) is 0 Å². The molecular formula is C63H56N2S4. The van der Waals surface area contributed by atoms with E-state index in [-0.39, 0.29) is 5.41 Å². The van der Waals surface area contributed by atoms with Gasteiger partial charge in [-0.1, -0.05) is 74.5 Å². The van der Waals surface area contributed by atoms with Crippen molar-refractivity contribution in [2.45, 2.75) is 74.7 Å². The Balaban J connectivity index is 0.986. The van der Waals surface area contributed by atoms with Crippen LogP contribution in [-0.2, 0) is 5.41 Å². The van der Waals surface area contributed by atoms with Crippen LogP contribution >= 0.6 is 45.3 Å². The minimum atomic E-state index is -0.262. The van der Waals surface area contributed by atoms with Gasteiger partial charge in [-0.15, -0.1) is 45.3 Å². The lowest BCUT2D eigenvalue weighted by Crippen LogP contribution is -2.17. The summed E-state index contributed by atoms with van der Waals surface area (Å²) in [6.07, 6.45) is 0. The lowest BCUT2D eigenvalue weighted by atomic mass is 9.82. The van der Waals surface area contributed by atoms with Gasteiger partial charge in [0.25, 0.3) is 0 Å². The first-order valence-electron chi connectivity index (χ1n) is 23.8. The maximum absolute atomic E-state index is 2.45. The van der Waals surface area contributed by atoms with E-state index in [2.05, 4.69) is 237 Å². The zero-order valence-electron chi connectivity index (χ0n) is 41.0. The quantitative estimate of drug-likeness (QED) is 0.135. The summed E-state index contributed by atoms with van der Waals surface area (Å²) in [4.78, 5) is 15.6. The molecule has 0 amide bonds. The molecule has 69 heavy (non-hydrogen) atoms. The van der Waals surface area contributed by atoms with Crippen molar-refractivity contribution in [3.8, 4) is 52.9 Å². The molecule has 0 unspecified atom stereocenters. The Hall–Kier alpha value is -6.28. The first kappa shape index (κ1) is 45.2. The van der Waals surface area contributed by atoms with E-state index in [1.54, 1.807) is 0 Å². The van der Waals surface area contributed by atoms with Crippen LogP contribution in [0.5, 0.6) is 0 Å². The summed E-state index contributed by atoms with van der Waals surface area (Å²) in [6, 6.07) is 60.1. The number of hydrogen-bond donors (Lipinski definition) is 0. The number of fused-ring (bicyclic) bond motifs is 3. The van der Waals surface area contributed by atoms with Crippen LogP contribution in [0.2, 0.25) is 0 Å². The molecule has 4 aromatic heterocycles. The van der Waals surface area contributed by atoms with E-state index in [1.807, 2.05) is 45.3 Å². The van der Waals surface area contributed by atoms with E-state index in [9.17, 15) is 0 Å². The van der Waals surface area contributed by atoms with Gasteiger partial charge >= 0.3 is 0 Å². The average Bonchev–Trinajstić information content (AvgIpc) is 4.12. The minimum Gasteiger partial charge on any atom is -0.310 e. The van der Waals surface area contributed by atoms with Crippen molar-refractivity contribution in [2.24, 2.45) is 0 Å². The van der Waals surface area contributed by atoms with E-state index >= 15 is 0 Å². The predicted octanol–water partition coefficient (Wildman–Crippen LogP) is 20.3. The van der Waals surface area contributed by atoms with Crippen LogP contribution in [0.25, 0.3) is 52.9 Å². The lowest BCUT2D eigenvalue weighted by molar-refractivity contribution is 0.660. The zero-order chi connectivity index (χ0) is 47.9. The Bertz CT molecular complexity index is 3120. The smallest absolute Gasteiger partial charge is 0.0465 e. The summed E-state index contributed by atoms with van der Waals surface area (Å²) < 4.78 is 0. The molecule has 0 fully saturated rings. The molecule has 0 bridgehead atoms. The number of benzene rings is 6. The fourth-order valence-electron chi connectivity index (χ4n) is 10.6. The van der Waals surface area contributed by atoms with Crippen molar-refractivity contribution >= 4 is 79.5 Å². The lowest BCUT2D eigenvalue weighted by Gasteiger charge is -2.29. The van der Waals surface area contributed by atoms with Gasteiger partial charge in [-0.2, -0.15) is 0 Å². The largest absolute Gasteiger partial charge is 0.310 e. The molecule has 0 aliphatic heterocycles. The van der Waals surface area contributed by atoms with Crippen molar-refractivity contribution in [3.05, 3.63) is 211 Å². The van der Waals surface area contributed by atoms with Gasteiger partial charge in [-0.05, 0) is 219 Å². The Labute approximate surface area is 424 Å². The number of aryl methyl sites for hydroxylation is 8. The Morgan fingerprint density at radius 1 is 0.290 bits per heavy atom. The molecule has 0 saturated carbocycles. The number of rotatable bonds is 10. The molecular weight excluding hydrogens is 913 g/mol. The third-order valence-corrected chi connectivity index (χ3v) is 18.7. The molecule has 10 aromatic rings. The molecule has 0 radical (unpaired) electrons. The van der Waals surface area contributed by atoms with Crippen molar-refractivity contribution in [1.82, 2.24) is 0 Å². The third kappa shape index (κ3) is 8.21. The third-order valence-electron chi connectivity index (χ3n) is 13.9. The van der Waals surface area contributed by atoms with Gasteiger partial charge in [0.1, 0.15) is 0 Å². The molecule has 0 spiro atoms. The molecule has 1 aliphatic rings. The molecule has 4 heterocycles. The van der Waals surface area contributed by atoms with E-state index < -0.39 is 0 Å². The van der Waals surface area contributed by atoms with Gasteiger partial charge in [0, 0.05) is 78.6 Å². The second-order valence-corrected chi connectivity index (χ2v) is 24.4. The molecule has 1 aliphatic carbocycles. The van der Waals surface area contributed by atoms with Crippen molar-refractivity contribution in [2.75, 3.05) is 9.80 Å². The second kappa shape index (κ2) is 17.6. The second-order valence-electron chi connectivity index (χ2n) is 19.4. The summed E-state index contributed by atoms with van der Waals surface area (Å²) in [6.45, 7) is 22.5. The predicted molar refractivity (Wildman–Crippen MR) is 305 cm³/mol. The summed E-state index contributed by atoms with van der Waals surface area (Å²) in [5, 5.41) is 0. The molecule has 11 rings (SSSR count). The van der Waals surface area contributed by atoms with Gasteiger partial charge in [-0.25, -0.2) is 0 Å². The monoisotopic (exact) mass is 968 g/mol. The van der Waals surface area contributed by atoms with Crippen LogP contribution in [0.3, 0.4) is 0 Å². The van der Waals surface area contributed by atoms with E-state index in [0.717, 1.165) is 34.1 Å². The van der Waals surface area contributed by atoms with E-state index in [4.69, 9.17) is 0 Å². The summed E-state index contributed by atoms with van der Waals surface area (Å²) in [5.41, 5.74) is 22.2. The maximum atomic E-state index is 2.45. The van der Waals surface area contributed by atoms with Crippen LogP contribution in [0, 0.1) is 55.4 Å². The molecule has 6 heteroatoms. The van der Waals surface area contributed by atoms with Crippen LogP contribution in [0.1, 0.15) is 66.7 Å². The SMILES string of the molecule is Cc1cc(C)c(-c2ccc(N(c3ccc(-c4sc(C)cc4C)cc3)c3ccc4c(c3)C(C)(C)c3cc(N(c5ccc(-c6sc(C)cc6C)cc5)c5ccc(-c6sc(C)cc6C)cc5)ccc3-4)cc2)s1. The average molecular weight is 969 g/mol. The fraction of sp³-hybridized carbons (Fsp3) is 0.175. The fourth-order valence-corrected chi connectivity index (χ4v) is 14.8. The summed E-state index contributed by atoms with van der Waals surface area (Å²) in [5.74, 6) is 0. The summed E-state index contributed by atoms with van der Waals surface area (Å²) in [7, 11) is 0. The van der Waals surface area contributed by atoms with E-state index in [0.29, 0.717) is 0 Å². The normalized spacial score (nSPS) is 12.6. The minimum absolute atomic E-state index is 0.262. The van der Waals surface area contributed by atoms with Gasteiger partial charge in [-0.3, -0.25) is 0 Å². The molecule has 0 atom stereocenters. The first-order chi connectivity index (χ1) is 33.2. The molecule has 0 N–H and O–H groups in total. The molecule has 342 valence electrons. The maximum Gasteiger partial charge on any atom is 0.0465 e. The van der Waals surface area contributed by atoms with E-state index in [1.165, 1.54) is 106 Å². The van der Waals surface area contributed by atoms with Gasteiger partial charge in [0.2, 0.25) is 0 Å². The molecule has 0 saturated heterocycles. The van der Waals surface area contributed by atoms with Crippen LogP contribution in [0.4, 0.5) is 34.1 Å². The highest BCUT2D eigenvalue weighted by molar-refractivity contribution is 7.16. The number of anilines is 6. The molecule has 2 nitrogen and oxygen atoms in total. The first-order valence-corrected chi connectivity index (χ1v) is 27.1. The standard InChI is InChI=1S/C63H56N2S4/c1-37-31-41(5)66-59(37)45-11-19-49(20-12-45)64(50-21-13-46(14-22-50)60-38(2)32-42(6)67-60)53-27-29-55-56-30-28-54(36-58(56)63(9,10)57(55)35-53)65(51-23-15-47(16-24-51)61-39(3)33-43(7)68-61)52-25-17-48(18-26-52)62-40(4)34-44(8)69-62/h11-36H,1-10H3. The molecule has 6 aromatic carbocycles. The Kier molecular flexibility index (Phi) is 11.5. The van der Waals surface area contributed by atoms with Gasteiger partial charge in [0.15, 0.2) is 0 Å². The van der Waals surface area contributed by atoms with Crippen molar-refractivity contribution in [3.63, 3.8) is 0 Å². The Morgan fingerprint density at radius 2 is 0.522 bits per heavy atom. The highest BCUT2D eigenvalue weighted by atomic mass is 32.1. The topological polar surface area (TPSA) is 6.48 Å². The van der Waals surface area contributed by atoms with Crippen LogP contribution in [-0.4, -0.2) is 0 Å². The van der Waals surface area contributed by atoms with Gasteiger partial charge < -0.3 is 9.80 Å². The van der Waals surface area contributed by atoms with Crippen molar-refractivity contribution < 1.29 is 0 Å². The number of thiophene rings is 4. The zero-order valence-corrected chi connectivity index (χ0v) is 44.3. The number of hydrogen-bond acceptors (Lipinski definition) is 6. The highest BCUT2D eigenvalue weighted by Crippen LogP contribution is 2.53. The van der Waals surface area contributed by atoms with Crippen LogP contribution in [0.15, 0.2) is 158 Å². The summed E-state index contributed by atoms with van der Waals surface area (Å²) >= 11 is 7.48.